The van der Waals surface area contributed by atoms with Gasteiger partial charge in [0.1, 0.15) is 0 Å². The first-order valence-electron chi connectivity index (χ1n) is 3.48. The third kappa shape index (κ3) is 1.56. The van der Waals surface area contributed by atoms with Crippen LogP contribution in [0.15, 0.2) is 0 Å². The summed E-state index contributed by atoms with van der Waals surface area (Å²) in [5.41, 5.74) is -4.11. The Bertz CT molecular complexity index is 345. The monoisotopic (exact) mass is 230 g/mol. The van der Waals surface area contributed by atoms with E-state index >= 15 is 0 Å². The van der Waals surface area contributed by atoms with E-state index in [2.05, 4.69) is 0 Å². The molecule has 0 bridgehead atoms. The molecule has 0 amide bonds. The summed E-state index contributed by atoms with van der Waals surface area (Å²) >= 11 is 4.85. The predicted octanol–water partition coefficient (Wildman–Crippen LogP) is 3.76. The summed E-state index contributed by atoms with van der Waals surface area (Å²) in [7, 11) is 0. The molecule has 78 valence electrons. The lowest BCUT2D eigenvalue weighted by Gasteiger charge is -2.09. The molecular formula is C8H4ClF5. The van der Waals surface area contributed by atoms with Gasteiger partial charge in [0.15, 0.2) is 23.3 Å². The highest BCUT2D eigenvalue weighted by Gasteiger charge is 2.26. The van der Waals surface area contributed by atoms with Crippen molar-refractivity contribution in [1.82, 2.24) is 0 Å². The summed E-state index contributed by atoms with van der Waals surface area (Å²) in [6, 6.07) is 0. The molecule has 0 radical (unpaired) electrons. The van der Waals surface area contributed by atoms with Crippen LogP contribution in [0.3, 0.4) is 0 Å². The van der Waals surface area contributed by atoms with E-state index in [1.54, 1.807) is 0 Å². The lowest BCUT2D eigenvalue weighted by atomic mass is 10.1. The molecule has 1 aromatic rings. The summed E-state index contributed by atoms with van der Waals surface area (Å²) in [6.07, 6.45) is 0. The molecule has 14 heavy (non-hydrogen) atoms. The lowest BCUT2D eigenvalue weighted by molar-refractivity contribution is 0.377. The zero-order valence-corrected chi connectivity index (χ0v) is 7.60. The van der Waals surface area contributed by atoms with Crippen LogP contribution in [0.2, 0.25) is 0 Å². The zero-order chi connectivity index (χ0) is 11.0. The van der Waals surface area contributed by atoms with Crippen molar-refractivity contribution in [3.05, 3.63) is 34.4 Å². The van der Waals surface area contributed by atoms with Crippen molar-refractivity contribution < 1.29 is 22.0 Å². The topological polar surface area (TPSA) is 0 Å². The minimum atomic E-state index is -2.42. The molecule has 0 N–H and O–H groups in total. The number of hydrogen-bond donors (Lipinski definition) is 0. The van der Waals surface area contributed by atoms with Gasteiger partial charge in [0.25, 0.3) is 0 Å². The molecule has 0 spiro atoms. The van der Waals surface area contributed by atoms with Crippen LogP contribution < -0.4 is 0 Å². The maximum absolute atomic E-state index is 12.8. The first kappa shape index (κ1) is 11.2. The summed E-state index contributed by atoms with van der Waals surface area (Å²) < 4.78 is 63.3. The number of benzene rings is 1. The Morgan fingerprint density at radius 3 is 1.79 bits per heavy atom. The van der Waals surface area contributed by atoms with E-state index in [1.165, 1.54) is 0 Å². The van der Waals surface area contributed by atoms with Crippen LogP contribution >= 0.6 is 11.6 Å². The third-order valence-corrected chi connectivity index (χ3v) is 1.98. The molecule has 6 heteroatoms. The summed E-state index contributed by atoms with van der Waals surface area (Å²) in [4.78, 5) is 0. The minimum absolute atomic E-state index is 0.677. The second kappa shape index (κ2) is 3.73. The largest absolute Gasteiger partial charge is 0.225 e. The molecule has 0 saturated heterocycles. The fourth-order valence-corrected chi connectivity index (χ4v) is 1.28. The Hall–Kier alpha value is -0.840. The van der Waals surface area contributed by atoms with Crippen LogP contribution in [0.1, 0.15) is 16.8 Å². The van der Waals surface area contributed by atoms with Crippen molar-refractivity contribution in [2.45, 2.75) is 12.6 Å². The Kier molecular flexibility index (Phi) is 2.99. The van der Waals surface area contributed by atoms with E-state index in [1.807, 2.05) is 0 Å². The average molecular weight is 231 g/mol. The zero-order valence-electron chi connectivity index (χ0n) is 6.85. The Labute approximate surface area is 81.3 Å². The molecular weight excluding hydrogens is 227 g/mol. The SMILES string of the molecule is Cc1c(F)c(F)c(F)c(F)c1C(F)Cl. The molecule has 0 fully saturated rings. The molecule has 1 atom stereocenters. The fourth-order valence-electron chi connectivity index (χ4n) is 1.02. The lowest BCUT2D eigenvalue weighted by Crippen LogP contribution is -2.05. The van der Waals surface area contributed by atoms with Crippen molar-refractivity contribution >= 4 is 11.6 Å². The van der Waals surface area contributed by atoms with E-state index in [4.69, 9.17) is 11.6 Å². The highest BCUT2D eigenvalue weighted by molar-refractivity contribution is 6.19. The number of rotatable bonds is 1. The highest BCUT2D eigenvalue weighted by atomic mass is 35.5. The van der Waals surface area contributed by atoms with Gasteiger partial charge in [0.2, 0.25) is 5.63 Å². The number of alkyl halides is 2. The summed E-state index contributed by atoms with van der Waals surface area (Å²) in [5, 5.41) is 0. The minimum Gasteiger partial charge on any atom is -0.225 e. The molecule has 0 saturated carbocycles. The van der Waals surface area contributed by atoms with Gasteiger partial charge in [-0.1, -0.05) is 11.6 Å². The van der Waals surface area contributed by atoms with Gasteiger partial charge in [-0.15, -0.1) is 0 Å². The van der Waals surface area contributed by atoms with E-state index in [0.29, 0.717) is 0 Å². The second-order valence-electron chi connectivity index (χ2n) is 2.60. The molecule has 0 nitrogen and oxygen atoms in total. The van der Waals surface area contributed by atoms with Crippen LogP contribution in [0.25, 0.3) is 0 Å². The Morgan fingerprint density at radius 2 is 1.36 bits per heavy atom. The smallest absolute Gasteiger partial charge is 0.202 e. The van der Waals surface area contributed by atoms with Gasteiger partial charge in [0, 0.05) is 5.56 Å². The van der Waals surface area contributed by atoms with E-state index < -0.39 is 40.0 Å². The van der Waals surface area contributed by atoms with Gasteiger partial charge in [0.05, 0.1) is 0 Å². The van der Waals surface area contributed by atoms with Crippen LogP contribution in [0.5, 0.6) is 0 Å². The van der Waals surface area contributed by atoms with Crippen molar-refractivity contribution in [2.75, 3.05) is 0 Å². The van der Waals surface area contributed by atoms with Crippen molar-refractivity contribution in [3.8, 4) is 0 Å². The van der Waals surface area contributed by atoms with E-state index in [0.717, 1.165) is 6.92 Å². The Balaban J connectivity index is 3.60. The van der Waals surface area contributed by atoms with Crippen molar-refractivity contribution in [1.29, 1.82) is 0 Å². The molecule has 1 unspecified atom stereocenters. The van der Waals surface area contributed by atoms with Gasteiger partial charge in [-0.25, -0.2) is 22.0 Å². The van der Waals surface area contributed by atoms with Crippen LogP contribution in [0.4, 0.5) is 22.0 Å². The van der Waals surface area contributed by atoms with Gasteiger partial charge < -0.3 is 0 Å². The third-order valence-electron chi connectivity index (χ3n) is 1.77. The maximum atomic E-state index is 12.8. The first-order valence-corrected chi connectivity index (χ1v) is 3.92. The molecule has 1 aromatic carbocycles. The molecule has 0 aromatic heterocycles. The van der Waals surface area contributed by atoms with Crippen LogP contribution in [-0.2, 0) is 0 Å². The molecule has 1 rings (SSSR count). The fraction of sp³-hybridized carbons (Fsp3) is 0.250. The Morgan fingerprint density at radius 1 is 0.929 bits per heavy atom. The van der Waals surface area contributed by atoms with Gasteiger partial charge in [-0.2, -0.15) is 0 Å². The van der Waals surface area contributed by atoms with Gasteiger partial charge in [-0.3, -0.25) is 0 Å². The normalized spacial score (nSPS) is 13.1. The van der Waals surface area contributed by atoms with Gasteiger partial charge >= 0.3 is 0 Å². The number of halogens is 6. The molecule has 0 aliphatic carbocycles. The predicted molar refractivity (Wildman–Crippen MR) is 40.7 cm³/mol. The molecule has 0 heterocycles. The van der Waals surface area contributed by atoms with Crippen molar-refractivity contribution in [3.63, 3.8) is 0 Å². The van der Waals surface area contributed by atoms with Crippen LogP contribution in [-0.4, -0.2) is 0 Å². The maximum Gasteiger partial charge on any atom is 0.202 e. The summed E-state index contributed by atoms with van der Waals surface area (Å²) in [6.45, 7) is 0.908. The van der Waals surface area contributed by atoms with E-state index in [9.17, 15) is 22.0 Å². The second-order valence-corrected chi connectivity index (χ2v) is 2.98. The standard InChI is InChI=1S/C8H4ClF5/c1-2-3(8(9)14)5(11)7(13)6(12)4(2)10/h8H,1H3. The molecule has 0 aliphatic rings. The summed E-state index contributed by atoms with van der Waals surface area (Å²) in [5.74, 6) is -7.47. The van der Waals surface area contributed by atoms with Crippen molar-refractivity contribution in [2.24, 2.45) is 0 Å². The van der Waals surface area contributed by atoms with Gasteiger partial charge in [-0.05, 0) is 12.5 Å². The number of hydrogen-bond acceptors (Lipinski definition) is 0. The quantitative estimate of drug-likeness (QED) is 0.298. The highest BCUT2D eigenvalue weighted by Crippen LogP contribution is 2.32. The first-order chi connectivity index (χ1) is 6.37. The van der Waals surface area contributed by atoms with E-state index in [-0.39, 0.29) is 0 Å². The average Bonchev–Trinajstić information content (AvgIpc) is 2.11. The molecule has 0 aliphatic heterocycles. The van der Waals surface area contributed by atoms with Crippen LogP contribution in [0, 0.1) is 30.2 Å².